The monoisotopic (exact) mass is 250 g/mol. The molecule has 0 heterocycles. The number of carbonyl (C=O) groups excluding carboxylic acids is 2. The lowest BCUT2D eigenvalue weighted by Crippen LogP contribution is -2.45. The Morgan fingerprint density at radius 2 is 1.78 bits per heavy atom. The van der Waals surface area contributed by atoms with Crippen molar-refractivity contribution in [3.63, 3.8) is 0 Å². The van der Waals surface area contributed by atoms with Gasteiger partial charge in [0.15, 0.2) is 0 Å². The van der Waals surface area contributed by atoms with Gasteiger partial charge in [-0.15, -0.1) is 0 Å². The van der Waals surface area contributed by atoms with E-state index in [4.69, 9.17) is 5.73 Å². The third-order valence-corrected chi connectivity index (χ3v) is 2.47. The van der Waals surface area contributed by atoms with E-state index in [9.17, 15) is 9.59 Å². The van der Waals surface area contributed by atoms with Crippen LogP contribution in [0.1, 0.15) is 31.1 Å². The van der Waals surface area contributed by atoms with Crippen molar-refractivity contribution in [1.82, 2.24) is 5.48 Å². The van der Waals surface area contributed by atoms with Gasteiger partial charge in [0.2, 0.25) is 0 Å². The third-order valence-electron chi connectivity index (χ3n) is 2.47. The van der Waals surface area contributed by atoms with Gasteiger partial charge >= 0.3 is 5.97 Å². The summed E-state index contributed by atoms with van der Waals surface area (Å²) in [5.74, 6) is -1.14. The molecule has 98 valence electrons. The van der Waals surface area contributed by atoms with Crippen molar-refractivity contribution in [2.45, 2.75) is 26.8 Å². The molecular formula is C13H18N2O3. The third kappa shape index (κ3) is 3.85. The molecule has 5 nitrogen and oxygen atoms in total. The van der Waals surface area contributed by atoms with Gasteiger partial charge in [-0.3, -0.25) is 4.79 Å². The van der Waals surface area contributed by atoms with Crippen molar-refractivity contribution in [2.75, 3.05) is 0 Å². The molecule has 0 aliphatic rings. The van der Waals surface area contributed by atoms with Gasteiger partial charge in [0.05, 0.1) is 0 Å². The molecule has 18 heavy (non-hydrogen) atoms. The van der Waals surface area contributed by atoms with Gasteiger partial charge in [0, 0.05) is 5.56 Å². The highest BCUT2D eigenvalue weighted by Crippen LogP contribution is 2.17. The predicted octanol–water partition coefficient (Wildman–Crippen LogP) is 1.25. The van der Waals surface area contributed by atoms with E-state index in [1.165, 1.54) is 0 Å². The van der Waals surface area contributed by atoms with E-state index in [1.807, 2.05) is 20.8 Å². The van der Waals surface area contributed by atoms with Crippen molar-refractivity contribution in [2.24, 2.45) is 11.1 Å². The first-order valence-corrected chi connectivity index (χ1v) is 5.64. The fraction of sp³-hybridized carbons (Fsp3) is 0.385. The van der Waals surface area contributed by atoms with Crippen LogP contribution in [0.5, 0.6) is 0 Å². The maximum Gasteiger partial charge on any atom is 0.349 e. The first kappa shape index (κ1) is 14.2. The van der Waals surface area contributed by atoms with Crippen LogP contribution in [0.2, 0.25) is 0 Å². The summed E-state index contributed by atoms with van der Waals surface area (Å²) in [6, 6.07) is 7.67. The summed E-state index contributed by atoms with van der Waals surface area (Å²) in [7, 11) is 0. The normalized spacial score (nSPS) is 12.7. The minimum atomic E-state index is -0.798. The Bertz CT molecular complexity index is 424. The predicted molar refractivity (Wildman–Crippen MR) is 67.4 cm³/mol. The van der Waals surface area contributed by atoms with E-state index in [1.54, 1.807) is 30.3 Å². The Hall–Kier alpha value is -1.88. The second-order valence-electron chi connectivity index (χ2n) is 5.06. The Labute approximate surface area is 106 Å². The highest BCUT2D eigenvalue weighted by atomic mass is 16.7. The van der Waals surface area contributed by atoms with Gasteiger partial charge in [0.25, 0.3) is 5.91 Å². The number of hydrogen-bond acceptors (Lipinski definition) is 4. The molecule has 1 amide bonds. The molecule has 0 saturated carbocycles. The highest BCUT2D eigenvalue weighted by molar-refractivity contribution is 5.94. The van der Waals surface area contributed by atoms with Crippen LogP contribution in [-0.4, -0.2) is 17.9 Å². The first-order chi connectivity index (χ1) is 8.32. The van der Waals surface area contributed by atoms with Crippen molar-refractivity contribution in [3.05, 3.63) is 35.9 Å². The largest absolute Gasteiger partial charge is 0.349 e. The molecule has 0 bridgehead atoms. The standard InChI is InChI=1S/C13H18N2O3/c1-13(2,3)10(14)12(17)18-15-11(16)9-7-5-4-6-8-9/h4-8,10H,14H2,1-3H3,(H,15,16). The average Bonchev–Trinajstić information content (AvgIpc) is 2.34. The van der Waals surface area contributed by atoms with Crippen LogP contribution in [-0.2, 0) is 9.63 Å². The SMILES string of the molecule is CC(C)(C)C(N)C(=O)ONC(=O)c1ccccc1. The van der Waals surface area contributed by atoms with E-state index < -0.39 is 23.3 Å². The summed E-state index contributed by atoms with van der Waals surface area (Å²) in [6.07, 6.45) is 0. The van der Waals surface area contributed by atoms with Crippen LogP contribution in [0.3, 0.4) is 0 Å². The molecule has 0 fully saturated rings. The van der Waals surface area contributed by atoms with E-state index in [0.717, 1.165) is 0 Å². The Balaban J connectivity index is 2.52. The number of rotatable bonds is 2. The molecule has 0 aliphatic heterocycles. The zero-order valence-electron chi connectivity index (χ0n) is 10.8. The zero-order chi connectivity index (χ0) is 13.8. The maximum absolute atomic E-state index is 11.6. The second-order valence-corrected chi connectivity index (χ2v) is 5.06. The Morgan fingerprint density at radius 1 is 1.22 bits per heavy atom. The minimum absolute atomic E-state index is 0.412. The number of benzene rings is 1. The number of amides is 1. The van der Waals surface area contributed by atoms with Crippen molar-refractivity contribution in [1.29, 1.82) is 0 Å². The van der Waals surface area contributed by atoms with Crippen molar-refractivity contribution in [3.8, 4) is 0 Å². The van der Waals surface area contributed by atoms with Crippen LogP contribution in [0.4, 0.5) is 0 Å². The molecule has 1 rings (SSSR count). The molecule has 0 saturated heterocycles. The van der Waals surface area contributed by atoms with Crippen LogP contribution in [0.25, 0.3) is 0 Å². The first-order valence-electron chi connectivity index (χ1n) is 5.64. The summed E-state index contributed by atoms with van der Waals surface area (Å²) in [5.41, 5.74) is 7.77. The molecule has 3 N–H and O–H groups in total. The van der Waals surface area contributed by atoms with Crippen molar-refractivity contribution < 1.29 is 14.4 Å². The van der Waals surface area contributed by atoms with E-state index in [2.05, 4.69) is 10.3 Å². The molecule has 1 aromatic rings. The molecule has 0 spiro atoms. The molecule has 1 aromatic carbocycles. The van der Waals surface area contributed by atoms with E-state index in [-0.39, 0.29) is 0 Å². The molecule has 0 aromatic heterocycles. The summed E-state index contributed by atoms with van der Waals surface area (Å²) in [5, 5.41) is 0. The molecule has 0 aliphatic carbocycles. The van der Waals surface area contributed by atoms with Gasteiger partial charge in [-0.1, -0.05) is 39.0 Å². The number of nitrogens with one attached hydrogen (secondary N) is 1. The maximum atomic E-state index is 11.6. The fourth-order valence-electron chi connectivity index (χ4n) is 1.16. The lowest BCUT2D eigenvalue weighted by molar-refractivity contribution is -0.153. The molecule has 1 atom stereocenters. The van der Waals surface area contributed by atoms with E-state index >= 15 is 0 Å². The van der Waals surface area contributed by atoms with Crippen LogP contribution in [0.15, 0.2) is 30.3 Å². The van der Waals surface area contributed by atoms with Crippen molar-refractivity contribution >= 4 is 11.9 Å². The Kier molecular flexibility index (Phi) is 4.44. The lowest BCUT2D eigenvalue weighted by atomic mass is 9.88. The average molecular weight is 250 g/mol. The topological polar surface area (TPSA) is 81.4 Å². The van der Waals surface area contributed by atoms with Crippen LogP contribution in [0, 0.1) is 5.41 Å². The van der Waals surface area contributed by atoms with Gasteiger partial charge in [0.1, 0.15) is 6.04 Å². The quantitative estimate of drug-likeness (QED) is 0.774. The van der Waals surface area contributed by atoms with Gasteiger partial charge < -0.3 is 10.6 Å². The molecule has 5 heteroatoms. The number of hydroxylamine groups is 1. The smallest absolute Gasteiger partial charge is 0.339 e. The number of carbonyl (C=O) groups is 2. The fourth-order valence-corrected chi connectivity index (χ4v) is 1.16. The summed E-state index contributed by atoms with van der Waals surface area (Å²) in [6.45, 7) is 5.45. The van der Waals surface area contributed by atoms with Crippen LogP contribution < -0.4 is 11.2 Å². The summed E-state index contributed by atoms with van der Waals surface area (Å²) in [4.78, 5) is 27.8. The Morgan fingerprint density at radius 3 is 2.28 bits per heavy atom. The van der Waals surface area contributed by atoms with Crippen LogP contribution >= 0.6 is 0 Å². The van der Waals surface area contributed by atoms with Gasteiger partial charge in [-0.2, -0.15) is 5.48 Å². The highest BCUT2D eigenvalue weighted by Gasteiger charge is 2.29. The van der Waals surface area contributed by atoms with E-state index in [0.29, 0.717) is 5.56 Å². The number of nitrogens with two attached hydrogens (primary N) is 1. The molecular weight excluding hydrogens is 232 g/mol. The second kappa shape index (κ2) is 5.64. The summed E-state index contributed by atoms with van der Waals surface area (Å²) >= 11 is 0. The minimum Gasteiger partial charge on any atom is -0.339 e. The van der Waals surface area contributed by atoms with Gasteiger partial charge in [-0.25, -0.2) is 4.79 Å². The molecule has 0 radical (unpaired) electrons. The number of hydrogen-bond donors (Lipinski definition) is 2. The molecule has 1 unspecified atom stereocenters. The zero-order valence-corrected chi connectivity index (χ0v) is 10.8. The van der Waals surface area contributed by atoms with Gasteiger partial charge in [-0.05, 0) is 17.5 Å². The lowest BCUT2D eigenvalue weighted by Gasteiger charge is -2.24. The summed E-state index contributed by atoms with van der Waals surface area (Å²) < 4.78 is 0.